The van der Waals surface area contributed by atoms with Gasteiger partial charge in [-0.2, -0.15) is 7.11 Å². The Bertz CT molecular complexity index is 1540. The fourth-order valence-corrected chi connectivity index (χ4v) is 4.85. The number of nitrogens with one attached hydrogen (secondary N) is 2. The van der Waals surface area contributed by atoms with Crippen LogP contribution in [0.5, 0.6) is 0 Å². The minimum absolute atomic E-state index is 0. The summed E-state index contributed by atoms with van der Waals surface area (Å²) in [5, 5.41) is 13.3. The number of amides is 2. The van der Waals surface area contributed by atoms with E-state index in [1.807, 2.05) is 31.1 Å². The normalized spacial score (nSPS) is 19.8. The molecule has 19 nitrogen and oxygen atoms in total. The third kappa shape index (κ3) is 26.7. The molecule has 2 saturated carbocycles. The summed E-state index contributed by atoms with van der Waals surface area (Å²) in [6.07, 6.45) is 7.02. The molecule has 3 fully saturated rings. The number of rotatable bonds is 7. The van der Waals surface area contributed by atoms with E-state index >= 15 is 0 Å². The first-order valence-electron chi connectivity index (χ1n) is 19.6. The first-order valence-corrected chi connectivity index (χ1v) is 19.6. The van der Waals surface area contributed by atoms with Crippen LogP contribution in [0.4, 0.5) is 24.9 Å². The topological polar surface area (TPSA) is 240 Å². The second-order valence-electron chi connectivity index (χ2n) is 16.7. The van der Waals surface area contributed by atoms with Gasteiger partial charge in [-0.3, -0.25) is 4.98 Å². The Balaban J connectivity index is -0.000000730. The van der Waals surface area contributed by atoms with E-state index in [-0.39, 0.29) is 41.4 Å². The first kappa shape index (κ1) is 62.9. The van der Waals surface area contributed by atoms with Gasteiger partial charge < -0.3 is 58.5 Å². The minimum Gasteiger partial charge on any atom is -0.857 e. The molecule has 1 aromatic heterocycles. The quantitative estimate of drug-likeness (QED) is 0.131. The number of hydrogen-bond donors (Lipinski definition) is 2. The van der Waals surface area contributed by atoms with E-state index in [9.17, 15) is 28.8 Å². The SMILES string of the molecule is C1CCOC1.C=C[C@H]1C[C@@]1(NC(=O)OC(C)(C)C)C(=O)OC.C=C[C@H]1C[C@@]1(NC(=O)OC)C(=O)OC.CC(C)(C)OC(=O)OC(=O)OC(C)(C)C.CN(C)c1ccncc1.C[O-].[Na+]. The Kier molecular flexibility index (Phi) is 29.8. The molecule has 0 aromatic carbocycles. The zero-order valence-electron chi connectivity index (χ0n) is 40.3. The molecule has 0 spiro atoms. The van der Waals surface area contributed by atoms with Crippen molar-refractivity contribution in [2.75, 3.05) is 60.6 Å². The summed E-state index contributed by atoms with van der Waals surface area (Å²) in [7, 11) is 8.58. The predicted octanol–water partition coefficient (Wildman–Crippen LogP) is 2.89. The van der Waals surface area contributed by atoms with Crippen molar-refractivity contribution >= 4 is 42.1 Å². The Morgan fingerprint density at radius 3 is 1.30 bits per heavy atom. The van der Waals surface area contributed by atoms with Crippen molar-refractivity contribution in [3.8, 4) is 0 Å². The molecule has 1 saturated heterocycles. The number of hydrogen-bond acceptors (Lipinski definition) is 17. The molecule has 1 aromatic rings. The largest absolute Gasteiger partial charge is 1.00 e. The van der Waals surface area contributed by atoms with Gasteiger partial charge in [0.25, 0.3) is 0 Å². The van der Waals surface area contributed by atoms with E-state index in [4.69, 9.17) is 24.1 Å². The zero-order valence-corrected chi connectivity index (χ0v) is 42.3. The van der Waals surface area contributed by atoms with E-state index in [2.05, 4.69) is 47.7 Å². The zero-order chi connectivity index (χ0) is 48.5. The summed E-state index contributed by atoms with van der Waals surface area (Å²) in [5.74, 6) is -1.10. The molecule has 0 bridgehead atoms. The average molecular weight is 907 g/mol. The smallest absolute Gasteiger partial charge is 0.857 e. The van der Waals surface area contributed by atoms with Gasteiger partial charge in [0.15, 0.2) is 0 Å². The van der Waals surface area contributed by atoms with Crippen LogP contribution in [0.1, 0.15) is 88.0 Å². The standard InChI is InChI=1S/C12H19NO4.C10H18O5.C9H13NO4.C7H10N2.C4H8O.CH3O.Na/c1-6-8-7-12(8,9(14)16-5)13-10(15)17-11(2,3)4;1-9(2,3)14-7(11)13-8(12)15-10(4,5)6;1-4-6-5-9(6,7(11)13-2)10-8(12)14-3;1-9(2)7-3-5-8-6-4-7;1-2-4-5-3-1;1-2;/h6,8H,1,7H2,2-5H3,(H,13,15);1-6H3;4,6H,1,5H2,2-3H3,(H,10,12);3-6H,1-2H3;1-4H2;1H3;/q;;;;;-1;+1/t8-,12-;;6-,9-;;;;/m0.0..../s1. The second kappa shape index (κ2) is 29.8. The Morgan fingerprint density at radius 2 is 1.06 bits per heavy atom. The van der Waals surface area contributed by atoms with E-state index in [0.29, 0.717) is 12.8 Å². The van der Waals surface area contributed by atoms with Crippen molar-refractivity contribution in [2.45, 2.75) is 116 Å². The van der Waals surface area contributed by atoms with E-state index in [0.717, 1.165) is 20.3 Å². The molecule has 4 atom stereocenters. The molecule has 2 heterocycles. The second-order valence-corrected chi connectivity index (χ2v) is 16.7. The number of methoxy groups -OCH3 is 3. The fraction of sp³-hybridized carbons (Fsp3) is 0.651. The van der Waals surface area contributed by atoms with Crippen molar-refractivity contribution < 1.29 is 101 Å². The van der Waals surface area contributed by atoms with E-state index < -0.39 is 64.3 Å². The minimum atomic E-state index is -1.06. The van der Waals surface area contributed by atoms with Gasteiger partial charge in [-0.15, -0.1) is 13.2 Å². The number of nitrogens with zero attached hydrogens (tertiary/aromatic N) is 2. The molecule has 63 heavy (non-hydrogen) atoms. The molecule has 3 aliphatic rings. The summed E-state index contributed by atoms with van der Waals surface area (Å²) in [4.78, 5) is 73.6. The molecule has 2 amide bonds. The number of pyridine rings is 1. The van der Waals surface area contributed by atoms with Crippen molar-refractivity contribution in [1.82, 2.24) is 15.6 Å². The van der Waals surface area contributed by atoms with Crippen LogP contribution in [-0.4, -0.2) is 125 Å². The number of carbonyl (C=O) groups excluding carboxylic acids is 6. The molecule has 354 valence electrons. The monoisotopic (exact) mass is 906 g/mol. The van der Waals surface area contributed by atoms with E-state index in [1.165, 1.54) is 39.9 Å². The van der Waals surface area contributed by atoms with Gasteiger partial charge in [0, 0.05) is 57.2 Å². The molecular weight excluding hydrogens is 835 g/mol. The van der Waals surface area contributed by atoms with Crippen molar-refractivity contribution in [2.24, 2.45) is 11.8 Å². The van der Waals surface area contributed by atoms with Gasteiger partial charge >= 0.3 is 66.0 Å². The molecule has 2 aliphatic carbocycles. The summed E-state index contributed by atoms with van der Waals surface area (Å²) in [6, 6.07) is 3.94. The molecule has 4 rings (SSSR count). The number of alkyl carbamates (subject to hydrolysis) is 2. The summed E-state index contributed by atoms with van der Waals surface area (Å²) < 4.78 is 37.6. The maximum absolute atomic E-state index is 11.6. The van der Waals surface area contributed by atoms with Gasteiger partial charge in [0.2, 0.25) is 0 Å². The molecule has 2 N–H and O–H groups in total. The van der Waals surface area contributed by atoms with Crippen LogP contribution >= 0.6 is 0 Å². The predicted molar refractivity (Wildman–Crippen MR) is 229 cm³/mol. The van der Waals surface area contributed by atoms with Crippen molar-refractivity contribution in [3.05, 3.63) is 49.8 Å². The molecule has 1 aliphatic heterocycles. The summed E-state index contributed by atoms with van der Waals surface area (Å²) in [5.41, 5.74) is -2.74. The average Bonchev–Trinajstić information content (AvgIpc) is 3.97. The number of carbonyl (C=O) groups is 6. The first-order chi connectivity index (χ1) is 28.6. The van der Waals surface area contributed by atoms with Crippen molar-refractivity contribution in [3.63, 3.8) is 0 Å². The van der Waals surface area contributed by atoms with Crippen LogP contribution in [-0.2, 0) is 47.5 Å². The summed E-state index contributed by atoms with van der Waals surface area (Å²) in [6.45, 7) is 24.5. The maximum Gasteiger partial charge on any atom is 1.00 e. The molecule has 0 radical (unpaired) electrons. The Labute approximate surface area is 395 Å². The summed E-state index contributed by atoms with van der Waals surface area (Å²) >= 11 is 0. The molecule has 20 heteroatoms. The fourth-order valence-electron chi connectivity index (χ4n) is 4.85. The van der Waals surface area contributed by atoms with Crippen LogP contribution in [0.3, 0.4) is 0 Å². The maximum atomic E-state index is 11.6. The number of ether oxygens (including phenoxy) is 8. The Hall–Kier alpha value is -4.43. The van der Waals surface area contributed by atoms with Gasteiger partial charge in [0.05, 0.1) is 21.3 Å². The van der Waals surface area contributed by atoms with Crippen molar-refractivity contribution in [1.29, 1.82) is 0 Å². The Morgan fingerprint density at radius 1 is 0.698 bits per heavy atom. The van der Waals surface area contributed by atoms with Crippen LogP contribution in [0, 0.1) is 11.8 Å². The van der Waals surface area contributed by atoms with Crippen LogP contribution in [0.25, 0.3) is 0 Å². The number of anilines is 1. The van der Waals surface area contributed by atoms with Gasteiger partial charge in [-0.05, 0) is 100 Å². The number of esters is 2. The van der Waals surface area contributed by atoms with Crippen LogP contribution in [0.2, 0.25) is 0 Å². The molecule has 0 unspecified atom stereocenters. The van der Waals surface area contributed by atoms with Crippen LogP contribution < -0.4 is 50.2 Å². The van der Waals surface area contributed by atoms with E-state index in [1.54, 1.807) is 86.9 Å². The van der Waals surface area contributed by atoms with Gasteiger partial charge in [-0.1, -0.05) is 12.2 Å². The third-order valence-electron chi connectivity index (χ3n) is 7.88. The number of aromatic nitrogens is 1. The molecular formula is C43H71N4NaO15. The third-order valence-corrected chi connectivity index (χ3v) is 7.88. The van der Waals surface area contributed by atoms with Gasteiger partial charge in [-0.25, -0.2) is 28.8 Å². The van der Waals surface area contributed by atoms with Gasteiger partial charge in [0.1, 0.15) is 27.9 Å². The van der Waals surface area contributed by atoms with Crippen LogP contribution in [0.15, 0.2) is 49.8 Å².